The summed E-state index contributed by atoms with van der Waals surface area (Å²) in [7, 11) is 0. The maximum absolute atomic E-state index is 13.4. The standard InChI is InChI=1S/C14H9F3N2O2/c15-10-5-11(19)13(6-12(10)21-14(16)17)20-9-3-1-8(7-18)2-4-9/h1-6,14H,19H2. The minimum Gasteiger partial charge on any atom is -0.455 e. The summed E-state index contributed by atoms with van der Waals surface area (Å²) in [5.74, 6) is -1.39. The Hall–Kier alpha value is -2.88. The molecule has 21 heavy (non-hydrogen) atoms. The van der Waals surface area contributed by atoms with Gasteiger partial charge in [-0.25, -0.2) is 4.39 Å². The smallest absolute Gasteiger partial charge is 0.387 e. The summed E-state index contributed by atoms with van der Waals surface area (Å²) in [6.07, 6.45) is 0. The van der Waals surface area contributed by atoms with Crippen LogP contribution in [0.15, 0.2) is 36.4 Å². The number of nitrogens with zero attached hydrogens (tertiary/aromatic N) is 1. The number of benzene rings is 2. The van der Waals surface area contributed by atoms with Crippen LogP contribution in [0, 0.1) is 17.1 Å². The third-order valence-electron chi connectivity index (χ3n) is 2.49. The summed E-state index contributed by atoms with van der Waals surface area (Å²) >= 11 is 0. The number of nitrogens with two attached hydrogens (primary N) is 1. The van der Waals surface area contributed by atoms with Crippen LogP contribution in [0.25, 0.3) is 0 Å². The monoisotopic (exact) mass is 294 g/mol. The molecule has 2 N–H and O–H groups in total. The molecule has 2 aromatic carbocycles. The lowest BCUT2D eigenvalue weighted by Gasteiger charge is -2.12. The fraction of sp³-hybridized carbons (Fsp3) is 0.0714. The van der Waals surface area contributed by atoms with Gasteiger partial charge in [-0.2, -0.15) is 14.0 Å². The maximum atomic E-state index is 13.4. The molecule has 0 aliphatic carbocycles. The lowest BCUT2D eigenvalue weighted by Crippen LogP contribution is -2.05. The fourth-order valence-corrected chi connectivity index (χ4v) is 1.55. The van der Waals surface area contributed by atoms with Gasteiger partial charge in [0.1, 0.15) is 5.75 Å². The first-order valence-electron chi connectivity index (χ1n) is 5.71. The molecule has 0 heterocycles. The molecular weight excluding hydrogens is 285 g/mol. The molecule has 0 bridgehead atoms. The summed E-state index contributed by atoms with van der Waals surface area (Å²) in [6, 6.07) is 9.71. The molecule has 4 nitrogen and oxygen atoms in total. The average molecular weight is 294 g/mol. The van der Waals surface area contributed by atoms with Crippen molar-refractivity contribution >= 4 is 5.69 Å². The van der Waals surface area contributed by atoms with Crippen molar-refractivity contribution in [1.82, 2.24) is 0 Å². The van der Waals surface area contributed by atoms with Gasteiger partial charge in [-0.1, -0.05) is 0 Å². The topological polar surface area (TPSA) is 68.3 Å². The lowest BCUT2D eigenvalue weighted by molar-refractivity contribution is -0.0522. The molecule has 0 fully saturated rings. The predicted molar refractivity (Wildman–Crippen MR) is 68.7 cm³/mol. The fourth-order valence-electron chi connectivity index (χ4n) is 1.55. The summed E-state index contributed by atoms with van der Waals surface area (Å²) in [5.41, 5.74) is 5.92. The van der Waals surface area contributed by atoms with E-state index in [9.17, 15) is 13.2 Å². The molecule has 0 amide bonds. The van der Waals surface area contributed by atoms with Gasteiger partial charge in [-0.15, -0.1) is 0 Å². The van der Waals surface area contributed by atoms with Crippen LogP contribution in [0.4, 0.5) is 18.9 Å². The molecule has 0 saturated heterocycles. The summed E-state index contributed by atoms with van der Waals surface area (Å²) in [6.45, 7) is -3.16. The molecule has 7 heteroatoms. The van der Waals surface area contributed by atoms with Crippen LogP contribution in [0.5, 0.6) is 17.2 Å². The van der Waals surface area contributed by atoms with Crippen LogP contribution in [0.3, 0.4) is 0 Å². The second kappa shape index (κ2) is 6.05. The van der Waals surface area contributed by atoms with E-state index in [2.05, 4.69) is 4.74 Å². The molecule has 2 aromatic rings. The van der Waals surface area contributed by atoms with Gasteiger partial charge in [0.15, 0.2) is 17.3 Å². The number of rotatable bonds is 4. The molecule has 0 aliphatic heterocycles. The number of hydrogen-bond donors (Lipinski definition) is 1. The Morgan fingerprint density at radius 2 is 1.76 bits per heavy atom. The molecule has 108 valence electrons. The van der Waals surface area contributed by atoms with Crippen molar-refractivity contribution in [3.05, 3.63) is 47.8 Å². The zero-order valence-electron chi connectivity index (χ0n) is 10.5. The molecule has 0 spiro atoms. The zero-order chi connectivity index (χ0) is 15.4. The van der Waals surface area contributed by atoms with Crippen molar-refractivity contribution in [2.45, 2.75) is 6.61 Å². The molecule has 2 rings (SSSR count). The number of ether oxygens (including phenoxy) is 2. The van der Waals surface area contributed by atoms with Gasteiger partial charge in [0.25, 0.3) is 0 Å². The van der Waals surface area contributed by atoms with Gasteiger partial charge in [-0.05, 0) is 24.3 Å². The third kappa shape index (κ3) is 3.57. The van der Waals surface area contributed by atoms with Crippen molar-refractivity contribution in [2.75, 3.05) is 5.73 Å². The van der Waals surface area contributed by atoms with E-state index in [0.717, 1.165) is 12.1 Å². The normalized spacial score (nSPS) is 10.2. The summed E-state index contributed by atoms with van der Waals surface area (Å²) in [5, 5.41) is 8.67. The number of alkyl halides is 2. The Morgan fingerprint density at radius 3 is 2.33 bits per heavy atom. The first-order valence-corrected chi connectivity index (χ1v) is 5.71. The van der Waals surface area contributed by atoms with Gasteiger partial charge in [0.05, 0.1) is 17.3 Å². The minimum absolute atomic E-state index is 0.0308. The van der Waals surface area contributed by atoms with E-state index < -0.39 is 18.2 Å². The number of anilines is 1. The number of nitriles is 1. The van der Waals surface area contributed by atoms with E-state index in [-0.39, 0.29) is 11.4 Å². The third-order valence-corrected chi connectivity index (χ3v) is 2.49. The quantitative estimate of drug-likeness (QED) is 0.873. The van der Waals surface area contributed by atoms with E-state index >= 15 is 0 Å². The van der Waals surface area contributed by atoms with Crippen molar-refractivity contribution in [2.24, 2.45) is 0 Å². The largest absolute Gasteiger partial charge is 0.455 e. The van der Waals surface area contributed by atoms with E-state index in [0.29, 0.717) is 11.3 Å². The van der Waals surface area contributed by atoms with Crippen LogP contribution in [0.1, 0.15) is 5.56 Å². The van der Waals surface area contributed by atoms with Crippen molar-refractivity contribution < 1.29 is 22.6 Å². The number of halogens is 3. The van der Waals surface area contributed by atoms with Crippen LogP contribution in [0.2, 0.25) is 0 Å². The molecule has 0 unspecified atom stereocenters. The van der Waals surface area contributed by atoms with Crippen molar-refractivity contribution in [3.63, 3.8) is 0 Å². The average Bonchev–Trinajstić information content (AvgIpc) is 2.44. The second-order valence-electron chi connectivity index (χ2n) is 3.94. The van der Waals surface area contributed by atoms with E-state index in [1.54, 1.807) is 0 Å². The number of hydrogen-bond acceptors (Lipinski definition) is 4. The van der Waals surface area contributed by atoms with Gasteiger partial charge in [-0.3, -0.25) is 0 Å². The van der Waals surface area contributed by atoms with Crippen LogP contribution in [-0.4, -0.2) is 6.61 Å². The molecule has 0 radical (unpaired) electrons. The molecular formula is C14H9F3N2O2. The Balaban J connectivity index is 2.28. The Bertz CT molecular complexity index is 682. The first-order chi connectivity index (χ1) is 9.99. The zero-order valence-corrected chi connectivity index (χ0v) is 10.5. The highest BCUT2D eigenvalue weighted by Gasteiger charge is 2.14. The molecule has 0 atom stereocenters. The summed E-state index contributed by atoms with van der Waals surface area (Å²) < 4.78 is 47.1. The highest BCUT2D eigenvalue weighted by molar-refractivity contribution is 5.57. The van der Waals surface area contributed by atoms with Crippen molar-refractivity contribution in [3.8, 4) is 23.3 Å². The lowest BCUT2D eigenvalue weighted by atomic mass is 10.2. The Morgan fingerprint density at radius 1 is 1.10 bits per heavy atom. The van der Waals surface area contributed by atoms with E-state index in [4.69, 9.17) is 15.7 Å². The molecule has 0 aliphatic rings. The molecule has 0 saturated carbocycles. The minimum atomic E-state index is -3.16. The SMILES string of the molecule is N#Cc1ccc(Oc2cc(OC(F)F)c(F)cc2N)cc1. The van der Waals surface area contributed by atoms with Crippen LogP contribution < -0.4 is 15.2 Å². The van der Waals surface area contributed by atoms with Crippen molar-refractivity contribution in [1.29, 1.82) is 5.26 Å². The predicted octanol–water partition coefficient (Wildman–Crippen LogP) is 3.67. The van der Waals surface area contributed by atoms with Crippen LogP contribution in [-0.2, 0) is 0 Å². The highest BCUT2D eigenvalue weighted by atomic mass is 19.3. The Kier molecular flexibility index (Phi) is 4.18. The van der Waals surface area contributed by atoms with Gasteiger partial charge in [0.2, 0.25) is 0 Å². The molecule has 0 aromatic heterocycles. The van der Waals surface area contributed by atoms with Gasteiger partial charge >= 0.3 is 6.61 Å². The first kappa shape index (κ1) is 14.5. The maximum Gasteiger partial charge on any atom is 0.387 e. The van der Waals surface area contributed by atoms with Crippen LogP contribution >= 0.6 is 0 Å². The second-order valence-corrected chi connectivity index (χ2v) is 3.94. The highest BCUT2D eigenvalue weighted by Crippen LogP contribution is 2.34. The van der Waals surface area contributed by atoms with Gasteiger partial charge in [0, 0.05) is 12.1 Å². The van der Waals surface area contributed by atoms with E-state index in [1.807, 2.05) is 6.07 Å². The Labute approximate surface area is 118 Å². The van der Waals surface area contributed by atoms with Gasteiger partial charge < -0.3 is 15.2 Å². The number of nitrogen functional groups attached to an aromatic ring is 1. The van der Waals surface area contributed by atoms with E-state index in [1.165, 1.54) is 24.3 Å². The summed E-state index contributed by atoms with van der Waals surface area (Å²) in [4.78, 5) is 0.